The summed E-state index contributed by atoms with van der Waals surface area (Å²) in [4.78, 5) is 38.8. The second-order valence-electron chi connectivity index (χ2n) is 6.81. The number of aromatic hydroxyl groups is 1. The van der Waals surface area contributed by atoms with Crippen molar-refractivity contribution < 1.29 is 14.7 Å². The lowest BCUT2D eigenvalue weighted by Gasteiger charge is -2.34. The van der Waals surface area contributed by atoms with Gasteiger partial charge in [-0.1, -0.05) is 0 Å². The van der Waals surface area contributed by atoms with Crippen LogP contribution in [0.15, 0.2) is 35.1 Å². The number of fused-ring (bicyclic) bond motifs is 1. The first-order valence-corrected chi connectivity index (χ1v) is 8.88. The van der Waals surface area contributed by atoms with Gasteiger partial charge in [0.25, 0.3) is 11.8 Å². The Morgan fingerprint density at radius 1 is 1.25 bits per heavy atom. The zero-order valence-corrected chi connectivity index (χ0v) is 15.6. The number of carbonyl (C=O) groups is 2. The van der Waals surface area contributed by atoms with E-state index in [1.807, 2.05) is 19.9 Å². The van der Waals surface area contributed by atoms with Crippen LogP contribution in [-0.4, -0.2) is 39.0 Å². The highest BCUT2D eigenvalue weighted by Crippen LogP contribution is 2.22. The van der Waals surface area contributed by atoms with E-state index in [0.29, 0.717) is 29.9 Å². The Balaban J connectivity index is 1.86. The maximum absolute atomic E-state index is 12.7. The lowest BCUT2D eigenvalue weighted by molar-refractivity contribution is 0.0639. The van der Waals surface area contributed by atoms with Crippen molar-refractivity contribution in [3.8, 4) is 11.8 Å². The fraction of sp³-hybridized carbons (Fsp3) is 0.300. The number of nitrogens with one attached hydrogen (secondary N) is 1. The molecule has 0 saturated carbocycles. The number of carbonyl (C=O) groups excluding carboxylic acids is 2. The number of nitriles is 1. The van der Waals surface area contributed by atoms with Crippen molar-refractivity contribution in [2.75, 3.05) is 6.54 Å². The molecule has 3 rings (SSSR count). The molecule has 0 radical (unpaired) electrons. The van der Waals surface area contributed by atoms with E-state index in [1.165, 1.54) is 18.2 Å². The highest BCUT2D eigenvalue weighted by Gasteiger charge is 2.31. The number of amides is 2. The van der Waals surface area contributed by atoms with Gasteiger partial charge in [0.1, 0.15) is 0 Å². The molecule has 2 heterocycles. The molecule has 0 saturated heterocycles. The van der Waals surface area contributed by atoms with Gasteiger partial charge in [-0.2, -0.15) is 5.26 Å². The van der Waals surface area contributed by atoms with Crippen LogP contribution in [0.1, 0.15) is 46.0 Å². The summed E-state index contributed by atoms with van der Waals surface area (Å²) in [6.07, 6.45) is 0. The van der Waals surface area contributed by atoms with Crippen LogP contribution in [-0.2, 0) is 13.1 Å². The van der Waals surface area contributed by atoms with Crippen LogP contribution < -0.4 is 10.7 Å². The molecule has 1 aliphatic rings. The van der Waals surface area contributed by atoms with Gasteiger partial charge in [0, 0.05) is 36.5 Å². The minimum Gasteiger partial charge on any atom is -0.503 e. The predicted octanol–water partition coefficient (Wildman–Crippen LogP) is 1.22. The predicted molar refractivity (Wildman–Crippen MR) is 101 cm³/mol. The highest BCUT2D eigenvalue weighted by molar-refractivity contribution is 5.96. The first-order chi connectivity index (χ1) is 13.3. The highest BCUT2D eigenvalue weighted by atomic mass is 16.3. The number of benzene rings is 1. The van der Waals surface area contributed by atoms with Crippen LogP contribution >= 0.6 is 0 Å². The van der Waals surface area contributed by atoms with Crippen LogP contribution in [0, 0.1) is 11.3 Å². The average Bonchev–Trinajstić information content (AvgIpc) is 2.69. The molecule has 2 N–H and O–H groups in total. The van der Waals surface area contributed by atoms with Crippen LogP contribution in [0.4, 0.5) is 0 Å². The van der Waals surface area contributed by atoms with Crippen molar-refractivity contribution >= 4 is 11.8 Å². The van der Waals surface area contributed by atoms with Crippen LogP contribution in [0.2, 0.25) is 0 Å². The van der Waals surface area contributed by atoms with Crippen molar-refractivity contribution in [3.63, 3.8) is 0 Å². The Hall–Kier alpha value is -3.60. The molecular formula is C20H20N4O4. The largest absolute Gasteiger partial charge is 0.503 e. The summed E-state index contributed by atoms with van der Waals surface area (Å²) in [6, 6.07) is 9.32. The van der Waals surface area contributed by atoms with E-state index in [-0.39, 0.29) is 24.2 Å². The van der Waals surface area contributed by atoms with Crippen LogP contribution in [0.3, 0.4) is 0 Å². The standard InChI is InChI=1S/C20H20N4O4/c1-12(2)23-7-8-24-15(9-16(25)18(26)17(24)20(23)28)11-22-19(27)14-5-3-13(10-21)4-6-14/h3-6,9,12,26H,7-8,11H2,1-2H3,(H,22,27). The van der Waals surface area contributed by atoms with Gasteiger partial charge in [0.05, 0.1) is 18.2 Å². The van der Waals surface area contributed by atoms with E-state index in [4.69, 9.17) is 5.26 Å². The minimum absolute atomic E-state index is 0.0241. The van der Waals surface area contributed by atoms with Gasteiger partial charge in [-0.25, -0.2) is 0 Å². The van der Waals surface area contributed by atoms with E-state index in [9.17, 15) is 19.5 Å². The van der Waals surface area contributed by atoms with Crippen molar-refractivity contribution in [1.82, 2.24) is 14.8 Å². The molecule has 0 aliphatic carbocycles. The second kappa shape index (κ2) is 7.56. The summed E-state index contributed by atoms with van der Waals surface area (Å²) in [5.41, 5.74) is 0.560. The Kier molecular flexibility index (Phi) is 5.18. The van der Waals surface area contributed by atoms with Gasteiger partial charge in [0.2, 0.25) is 5.43 Å². The van der Waals surface area contributed by atoms with Gasteiger partial charge < -0.3 is 19.9 Å². The summed E-state index contributed by atoms with van der Waals surface area (Å²) in [5.74, 6) is -1.35. The number of hydrogen-bond donors (Lipinski definition) is 2. The smallest absolute Gasteiger partial charge is 0.274 e. The maximum Gasteiger partial charge on any atom is 0.274 e. The number of nitrogens with zero attached hydrogens (tertiary/aromatic N) is 3. The van der Waals surface area contributed by atoms with Crippen LogP contribution in [0.25, 0.3) is 0 Å². The van der Waals surface area contributed by atoms with E-state index in [0.717, 1.165) is 0 Å². The summed E-state index contributed by atoms with van der Waals surface area (Å²) in [6.45, 7) is 4.61. The molecule has 0 atom stereocenters. The Morgan fingerprint density at radius 2 is 1.93 bits per heavy atom. The van der Waals surface area contributed by atoms with E-state index in [2.05, 4.69) is 5.32 Å². The third kappa shape index (κ3) is 3.47. The molecule has 2 amide bonds. The summed E-state index contributed by atoms with van der Waals surface area (Å²) < 4.78 is 1.58. The number of aromatic nitrogens is 1. The summed E-state index contributed by atoms with van der Waals surface area (Å²) in [7, 11) is 0. The molecule has 0 fully saturated rings. The van der Waals surface area contributed by atoms with E-state index in [1.54, 1.807) is 21.6 Å². The lowest BCUT2D eigenvalue weighted by atomic mass is 10.1. The molecule has 1 aromatic heterocycles. The molecule has 1 aliphatic heterocycles. The van der Waals surface area contributed by atoms with Gasteiger partial charge >= 0.3 is 0 Å². The van der Waals surface area contributed by atoms with Gasteiger partial charge in [-0.3, -0.25) is 14.4 Å². The first-order valence-electron chi connectivity index (χ1n) is 8.88. The molecule has 8 heteroatoms. The number of pyridine rings is 1. The SMILES string of the molecule is CC(C)N1CCn2c(CNC(=O)c3ccc(C#N)cc3)cc(=O)c(O)c2C1=O. The fourth-order valence-electron chi connectivity index (χ4n) is 3.21. The van der Waals surface area contributed by atoms with Crippen molar-refractivity contribution in [3.05, 3.63) is 63.1 Å². The Morgan fingerprint density at radius 3 is 2.54 bits per heavy atom. The molecule has 0 spiro atoms. The normalized spacial score (nSPS) is 13.2. The Bertz CT molecular complexity index is 1030. The van der Waals surface area contributed by atoms with Crippen molar-refractivity contribution in [2.45, 2.75) is 33.0 Å². The summed E-state index contributed by atoms with van der Waals surface area (Å²) >= 11 is 0. The Labute approximate surface area is 161 Å². The lowest BCUT2D eigenvalue weighted by Crippen LogP contribution is -2.46. The third-order valence-corrected chi connectivity index (χ3v) is 4.73. The monoisotopic (exact) mass is 380 g/mol. The van der Waals surface area contributed by atoms with Crippen molar-refractivity contribution in [1.29, 1.82) is 5.26 Å². The molecule has 0 bridgehead atoms. The minimum atomic E-state index is -0.659. The summed E-state index contributed by atoms with van der Waals surface area (Å²) in [5, 5.41) is 21.7. The van der Waals surface area contributed by atoms with Gasteiger partial charge in [-0.15, -0.1) is 0 Å². The zero-order valence-electron chi connectivity index (χ0n) is 15.6. The number of hydrogen-bond acceptors (Lipinski definition) is 5. The topological polar surface area (TPSA) is 115 Å². The molecule has 0 unspecified atom stereocenters. The van der Waals surface area contributed by atoms with E-state index >= 15 is 0 Å². The van der Waals surface area contributed by atoms with Gasteiger partial charge in [0.15, 0.2) is 11.4 Å². The number of rotatable bonds is 4. The molecule has 2 aromatic rings. The van der Waals surface area contributed by atoms with Crippen LogP contribution in [0.5, 0.6) is 5.75 Å². The fourth-order valence-corrected chi connectivity index (χ4v) is 3.21. The van der Waals surface area contributed by atoms with Gasteiger partial charge in [-0.05, 0) is 38.1 Å². The average molecular weight is 380 g/mol. The maximum atomic E-state index is 12.7. The zero-order chi connectivity index (χ0) is 20.4. The van der Waals surface area contributed by atoms with E-state index < -0.39 is 17.1 Å². The molecular weight excluding hydrogens is 360 g/mol. The molecule has 1 aromatic carbocycles. The second-order valence-corrected chi connectivity index (χ2v) is 6.81. The quantitative estimate of drug-likeness (QED) is 0.827. The molecule has 8 nitrogen and oxygen atoms in total. The first kappa shape index (κ1) is 19.2. The van der Waals surface area contributed by atoms with Crippen molar-refractivity contribution in [2.24, 2.45) is 0 Å². The third-order valence-electron chi connectivity index (χ3n) is 4.73. The molecule has 144 valence electrons. The molecule has 28 heavy (non-hydrogen) atoms.